The highest BCUT2D eigenvalue weighted by molar-refractivity contribution is 14.0. The molecule has 9 nitrogen and oxygen atoms in total. The summed E-state index contributed by atoms with van der Waals surface area (Å²) < 4.78 is 7.36. The molecule has 0 aromatic carbocycles. The molecule has 2 aromatic heterocycles. The van der Waals surface area contributed by atoms with Crippen LogP contribution in [-0.4, -0.2) is 69.9 Å². The van der Waals surface area contributed by atoms with Gasteiger partial charge < -0.3 is 20.3 Å². The van der Waals surface area contributed by atoms with Crippen LogP contribution in [0.15, 0.2) is 29.4 Å². The van der Waals surface area contributed by atoms with Crippen LogP contribution in [0.4, 0.5) is 4.79 Å². The van der Waals surface area contributed by atoms with Crippen molar-refractivity contribution in [3.63, 3.8) is 0 Å². The monoisotopic (exact) mass is 529 g/mol. The largest absolute Gasteiger partial charge is 0.444 e. The van der Waals surface area contributed by atoms with E-state index in [1.54, 1.807) is 7.05 Å². The lowest BCUT2D eigenvalue weighted by atomic mass is 10.2. The van der Waals surface area contributed by atoms with Gasteiger partial charge in [-0.15, -0.1) is 34.2 Å². The molecule has 0 aliphatic carbocycles. The number of fused-ring (bicyclic) bond motifs is 1. The van der Waals surface area contributed by atoms with Gasteiger partial charge in [0, 0.05) is 39.3 Å². The molecule has 1 fully saturated rings. The van der Waals surface area contributed by atoms with Gasteiger partial charge in [0.2, 0.25) is 0 Å². The first-order valence-electron chi connectivity index (χ1n) is 10.1. The Bertz CT molecular complexity index is 862. The molecular formula is C20H32IN7O2. The second-order valence-corrected chi connectivity index (χ2v) is 8.20. The molecule has 1 aliphatic rings. The van der Waals surface area contributed by atoms with Crippen LogP contribution >= 0.6 is 24.0 Å². The van der Waals surface area contributed by atoms with Crippen LogP contribution in [0.5, 0.6) is 0 Å². The SMILES string of the molecule is CN=C(NCCCc1nnc2ccccn12)N1CCC(NC(=O)OC(C)(C)C)C1.I. The molecule has 1 amide bonds. The van der Waals surface area contributed by atoms with E-state index in [0.29, 0.717) is 6.54 Å². The minimum absolute atomic E-state index is 0. The first-order chi connectivity index (χ1) is 13.9. The average Bonchev–Trinajstić information content (AvgIpc) is 3.27. The zero-order valence-electron chi connectivity index (χ0n) is 18.1. The Kier molecular flexibility index (Phi) is 8.68. The summed E-state index contributed by atoms with van der Waals surface area (Å²) in [4.78, 5) is 18.5. The molecule has 1 unspecified atom stereocenters. The number of rotatable bonds is 5. The standard InChI is InChI=1S/C20H31N7O2.HI/c1-20(2,3)29-19(28)23-15-10-13-26(14-15)18(21-4)22-11-7-9-17-25-24-16-8-5-6-12-27(16)17;/h5-6,8,12,15H,7,9-11,13-14H2,1-4H3,(H,21,22)(H,23,28);1H. The number of aromatic nitrogens is 3. The number of pyridine rings is 1. The molecule has 0 spiro atoms. The number of aryl methyl sites for hydroxylation is 1. The van der Waals surface area contributed by atoms with Crippen LogP contribution in [0.25, 0.3) is 5.65 Å². The van der Waals surface area contributed by atoms with Crippen molar-refractivity contribution in [2.24, 2.45) is 4.99 Å². The molecule has 2 N–H and O–H groups in total. The van der Waals surface area contributed by atoms with Crippen molar-refractivity contribution in [1.29, 1.82) is 0 Å². The number of hydrogen-bond donors (Lipinski definition) is 2. The third-order valence-corrected chi connectivity index (χ3v) is 4.67. The van der Waals surface area contributed by atoms with E-state index in [2.05, 4.69) is 30.7 Å². The van der Waals surface area contributed by atoms with Gasteiger partial charge in [-0.1, -0.05) is 6.07 Å². The molecule has 0 bridgehead atoms. The Balaban J connectivity index is 0.00000320. The van der Waals surface area contributed by atoms with E-state index >= 15 is 0 Å². The fourth-order valence-corrected chi connectivity index (χ4v) is 3.39. The highest BCUT2D eigenvalue weighted by Gasteiger charge is 2.27. The lowest BCUT2D eigenvalue weighted by Gasteiger charge is -2.23. The number of nitrogens with zero attached hydrogens (tertiary/aromatic N) is 5. The number of halogens is 1. The number of likely N-dealkylation sites (tertiary alicyclic amines) is 1. The number of guanidine groups is 1. The van der Waals surface area contributed by atoms with E-state index in [-0.39, 0.29) is 36.1 Å². The van der Waals surface area contributed by atoms with Gasteiger partial charge in [0.15, 0.2) is 11.6 Å². The summed E-state index contributed by atoms with van der Waals surface area (Å²) in [5, 5.41) is 14.8. The molecule has 0 radical (unpaired) electrons. The zero-order chi connectivity index (χ0) is 20.9. The average molecular weight is 529 g/mol. The predicted octanol–water partition coefficient (Wildman–Crippen LogP) is 2.45. The Morgan fingerprint density at radius 2 is 2.13 bits per heavy atom. The summed E-state index contributed by atoms with van der Waals surface area (Å²) in [5.41, 5.74) is 0.377. The summed E-state index contributed by atoms with van der Waals surface area (Å²) in [6.45, 7) is 7.93. The van der Waals surface area contributed by atoms with Crippen LogP contribution < -0.4 is 10.6 Å². The van der Waals surface area contributed by atoms with Gasteiger partial charge in [-0.2, -0.15) is 0 Å². The molecule has 3 heterocycles. The Hall–Kier alpha value is -2.11. The van der Waals surface area contributed by atoms with Crippen molar-refractivity contribution < 1.29 is 9.53 Å². The number of carbonyl (C=O) groups is 1. The van der Waals surface area contributed by atoms with Crippen molar-refractivity contribution in [1.82, 2.24) is 30.1 Å². The molecule has 0 saturated carbocycles. The number of hydrogen-bond acceptors (Lipinski definition) is 5. The fraction of sp³-hybridized carbons (Fsp3) is 0.600. The number of carbonyl (C=O) groups excluding carboxylic acids is 1. The quantitative estimate of drug-likeness (QED) is 0.268. The number of nitrogens with one attached hydrogen (secondary N) is 2. The Morgan fingerprint density at radius 1 is 1.33 bits per heavy atom. The van der Waals surface area contributed by atoms with Crippen molar-refractivity contribution in [2.75, 3.05) is 26.7 Å². The predicted molar refractivity (Wildman–Crippen MR) is 127 cm³/mol. The molecule has 1 atom stereocenters. The van der Waals surface area contributed by atoms with Gasteiger partial charge in [0.1, 0.15) is 11.4 Å². The minimum Gasteiger partial charge on any atom is -0.444 e. The number of ether oxygens (including phenoxy) is 1. The second-order valence-electron chi connectivity index (χ2n) is 8.20. The fourth-order valence-electron chi connectivity index (χ4n) is 3.39. The van der Waals surface area contributed by atoms with E-state index < -0.39 is 5.60 Å². The third kappa shape index (κ3) is 6.71. The maximum atomic E-state index is 12.0. The van der Waals surface area contributed by atoms with E-state index in [0.717, 1.165) is 49.8 Å². The van der Waals surface area contributed by atoms with Gasteiger partial charge in [-0.25, -0.2) is 4.79 Å². The van der Waals surface area contributed by atoms with Crippen LogP contribution in [0.2, 0.25) is 0 Å². The number of aliphatic imine (C=N–C) groups is 1. The highest BCUT2D eigenvalue weighted by Crippen LogP contribution is 2.12. The molecule has 3 rings (SSSR count). The van der Waals surface area contributed by atoms with Gasteiger partial charge in [-0.3, -0.25) is 9.39 Å². The van der Waals surface area contributed by atoms with Crippen LogP contribution in [0.1, 0.15) is 39.4 Å². The van der Waals surface area contributed by atoms with E-state index in [9.17, 15) is 4.79 Å². The highest BCUT2D eigenvalue weighted by atomic mass is 127. The zero-order valence-corrected chi connectivity index (χ0v) is 20.4. The van der Waals surface area contributed by atoms with Gasteiger partial charge >= 0.3 is 6.09 Å². The lowest BCUT2D eigenvalue weighted by molar-refractivity contribution is 0.0507. The van der Waals surface area contributed by atoms with Crippen molar-refractivity contribution in [3.8, 4) is 0 Å². The Morgan fingerprint density at radius 3 is 2.87 bits per heavy atom. The summed E-state index contributed by atoms with van der Waals surface area (Å²) in [6.07, 6.45) is 4.23. The maximum Gasteiger partial charge on any atom is 0.407 e. The van der Waals surface area contributed by atoms with Gasteiger partial charge in [0.25, 0.3) is 0 Å². The first-order valence-corrected chi connectivity index (χ1v) is 10.1. The van der Waals surface area contributed by atoms with E-state index in [1.165, 1.54) is 0 Å². The number of amides is 1. The van der Waals surface area contributed by atoms with Crippen molar-refractivity contribution >= 4 is 41.7 Å². The summed E-state index contributed by atoms with van der Waals surface area (Å²) in [5.74, 6) is 1.81. The van der Waals surface area contributed by atoms with Crippen molar-refractivity contribution in [3.05, 3.63) is 30.2 Å². The summed E-state index contributed by atoms with van der Waals surface area (Å²) >= 11 is 0. The minimum atomic E-state index is -0.490. The first kappa shape index (κ1) is 24.2. The van der Waals surface area contributed by atoms with Crippen molar-refractivity contribution in [2.45, 2.75) is 51.7 Å². The second kappa shape index (κ2) is 10.8. The normalized spacial score (nSPS) is 17.0. The number of alkyl carbamates (subject to hydrolysis) is 1. The molecular weight excluding hydrogens is 497 g/mol. The molecule has 30 heavy (non-hydrogen) atoms. The topological polar surface area (TPSA) is 96.1 Å². The van der Waals surface area contributed by atoms with Crippen LogP contribution in [0.3, 0.4) is 0 Å². The molecule has 2 aromatic rings. The molecule has 1 saturated heterocycles. The van der Waals surface area contributed by atoms with E-state index in [1.807, 2.05) is 49.6 Å². The van der Waals surface area contributed by atoms with E-state index in [4.69, 9.17) is 4.74 Å². The third-order valence-electron chi connectivity index (χ3n) is 4.67. The molecule has 166 valence electrons. The van der Waals surface area contributed by atoms with Gasteiger partial charge in [-0.05, 0) is 45.7 Å². The smallest absolute Gasteiger partial charge is 0.407 e. The molecule has 1 aliphatic heterocycles. The molecule has 10 heteroatoms. The van der Waals surface area contributed by atoms with Crippen LogP contribution in [-0.2, 0) is 11.2 Å². The Labute approximate surface area is 194 Å². The lowest BCUT2D eigenvalue weighted by Crippen LogP contribution is -2.44. The van der Waals surface area contributed by atoms with Crippen LogP contribution in [0, 0.1) is 0 Å². The summed E-state index contributed by atoms with van der Waals surface area (Å²) in [6, 6.07) is 5.95. The summed E-state index contributed by atoms with van der Waals surface area (Å²) in [7, 11) is 1.78. The van der Waals surface area contributed by atoms with Gasteiger partial charge in [0.05, 0.1) is 6.04 Å². The maximum absolute atomic E-state index is 12.0.